The van der Waals surface area contributed by atoms with Crippen molar-refractivity contribution in [3.8, 4) is 0 Å². The zero-order valence-corrected chi connectivity index (χ0v) is 10.3. The summed E-state index contributed by atoms with van der Waals surface area (Å²) in [5, 5.41) is 8.77. The van der Waals surface area contributed by atoms with Crippen LogP contribution in [-0.2, 0) is 5.75 Å². The Balaban J connectivity index is 1.97. The average Bonchev–Trinajstić information content (AvgIpc) is 2.38. The standard InChI is InChI=1S/C14H11FO2S/c15-12-5-1-10(2-6-12)9-18-13-7-3-11(4-8-13)14(16)17/h1-8H,9H2,(H,16,17). The molecule has 0 radical (unpaired) electrons. The van der Waals surface area contributed by atoms with Crippen molar-refractivity contribution in [2.24, 2.45) is 0 Å². The maximum absolute atomic E-state index is 12.7. The molecule has 4 heteroatoms. The molecule has 0 aliphatic heterocycles. The highest BCUT2D eigenvalue weighted by Crippen LogP contribution is 2.23. The summed E-state index contributed by atoms with van der Waals surface area (Å²) in [7, 11) is 0. The summed E-state index contributed by atoms with van der Waals surface area (Å²) in [6.07, 6.45) is 0. The lowest BCUT2D eigenvalue weighted by atomic mass is 10.2. The lowest BCUT2D eigenvalue weighted by Crippen LogP contribution is -1.94. The van der Waals surface area contributed by atoms with Gasteiger partial charge in [0.05, 0.1) is 5.56 Å². The second-order valence-corrected chi connectivity index (χ2v) is 4.79. The first-order valence-corrected chi connectivity index (χ1v) is 6.34. The molecule has 0 saturated carbocycles. The van der Waals surface area contributed by atoms with E-state index in [1.807, 2.05) is 0 Å². The second kappa shape index (κ2) is 5.69. The van der Waals surface area contributed by atoms with Crippen molar-refractivity contribution >= 4 is 17.7 Å². The smallest absolute Gasteiger partial charge is 0.335 e. The average molecular weight is 262 g/mol. The van der Waals surface area contributed by atoms with E-state index in [0.29, 0.717) is 0 Å². The predicted molar refractivity (Wildman–Crippen MR) is 69.4 cm³/mol. The zero-order valence-electron chi connectivity index (χ0n) is 9.47. The Labute approximate surface area is 108 Å². The molecule has 0 spiro atoms. The lowest BCUT2D eigenvalue weighted by Gasteiger charge is -2.02. The minimum Gasteiger partial charge on any atom is -0.478 e. The molecule has 0 saturated heterocycles. The Morgan fingerprint density at radius 2 is 1.67 bits per heavy atom. The van der Waals surface area contributed by atoms with Crippen molar-refractivity contribution in [1.82, 2.24) is 0 Å². The van der Waals surface area contributed by atoms with Crippen LogP contribution in [0.25, 0.3) is 0 Å². The molecule has 0 heterocycles. The molecule has 0 bridgehead atoms. The van der Waals surface area contributed by atoms with E-state index in [1.54, 1.807) is 48.2 Å². The first-order valence-electron chi connectivity index (χ1n) is 5.36. The van der Waals surface area contributed by atoms with Gasteiger partial charge >= 0.3 is 5.97 Å². The maximum Gasteiger partial charge on any atom is 0.335 e. The number of hydrogen-bond acceptors (Lipinski definition) is 2. The third kappa shape index (κ3) is 3.34. The quantitative estimate of drug-likeness (QED) is 0.851. The molecule has 92 valence electrons. The normalized spacial score (nSPS) is 10.3. The summed E-state index contributed by atoms with van der Waals surface area (Å²) in [6.45, 7) is 0. The first-order chi connectivity index (χ1) is 8.65. The van der Waals surface area contributed by atoms with Gasteiger partial charge in [-0.05, 0) is 42.0 Å². The monoisotopic (exact) mass is 262 g/mol. The fourth-order valence-electron chi connectivity index (χ4n) is 1.44. The van der Waals surface area contributed by atoms with Crippen LogP contribution in [0, 0.1) is 5.82 Å². The Hall–Kier alpha value is -1.81. The third-order valence-electron chi connectivity index (χ3n) is 2.42. The van der Waals surface area contributed by atoms with Gasteiger partial charge < -0.3 is 5.11 Å². The number of carbonyl (C=O) groups is 1. The molecule has 0 aliphatic carbocycles. The number of carboxylic acid groups (broad SMARTS) is 1. The van der Waals surface area contributed by atoms with Crippen molar-refractivity contribution < 1.29 is 14.3 Å². The van der Waals surface area contributed by atoms with E-state index in [2.05, 4.69) is 0 Å². The highest BCUT2D eigenvalue weighted by atomic mass is 32.2. The molecule has 2 aromatic rings. The molecule has 0 atom stereocenters. The Kier molecular flexibility index (Phi) is 3.99. The number of hydrogen-bond donors (Lipinski definition) is 1. The van der Waals surface area contributed by atoms with Crippen LogP contribution in [0.3, 0.4) is 0 Å². The van der Waals surface area contributed by atoms with Crippen molar-refractivity contribution in [3.05, 3.63) is 65.5 Å². The Bertz CT molecular complexity index is 535. The molecule has 0 aliphatic rings. The lowest BCUT2D eigenvalue weighted by molar-refractivity contribution is 0.0697. The fourth-order valence-corrected chi connectivity index (χ4v) is 2.30. The van der Waals surface area contributed by atoms with Gasteiger partial charge in [0.2, 0.25) is 0 Å². The van der Waals surface area contributed by atoms with Crippen LogP contribution in [0.5, 0.6) is 0 Å². The summed E-state index contributed by atoms with van der Waals surface area (Å²) < 4.78 is 12.7. The summed E-state index contributed by atoms with van der Waals surface area (Å²) in [4.78, 5) is 11.7. The van der Waals surface area contributed by atoms with Crippen molar-refractivity contribution in [3.63, 3.8) is 0 Å². The molecule has 1 N–H and O–H groups in total. The van der Waals surface area contributed by atoms with Gasteiger partial charge in [-0.3, -0.25) is 0 Å². The minimum absolute atomic E-state index is 0.241. The van der Waals surface area contributed by atoms with Crippen molar-refractivity contribution in [1.29, 1.82) is 0 Å². The van der Waals surface area contributed by atoms with Gasteiger partial charge in [-0.25, -0.2) is 9.18 Å². The van der Waals surface area contributed by atoms with Crippen LogP contribution in [0.15, 0.2) is 53.4 Å². The molecular weight excluding hydrogens is 251 g/mol. The SMILES string of the molecule is O=C(O)c1ccc(SCc2ccc(F)cc2)cc1. The largest absolute Gasteiger partial charge is 0.478 e. The van der Waals surface area contributed by atoms with Gasteiger partial charge in [0.15, 0.2) is 0 Å². The number of aromatic carboxylic acids is 1. The Morgan fingerprint density at radius 3 is 2.22 bits per heavy atom. The van der Waals surface area contributed by atoms with E-state index in [1.165, 1.54) is 12.1 Å². The van der Waals surface area contributed by atoms with E-state index in [9.17, 15) is 9.18 Å². The van der Waals surface area contributed by atoms with Crippen LogP contribution < -0.4 is 0 Å². The number of carboxylic acids is 1. The maximum atomic E-state index is 12.7. The van der Waals surface area contributed by atoms with Crippen LogP contribution >= 0.6 is 11.8 Å². The number of thioether (sulfide) groups is 1. The molecule has 18 heavy (non-hydrogen) atoms. The molecule has 0 aromatic heterocycles. The molecule has 2 nitrogen and oxygen atoms in total. The Morgan fingerprint density at radius 1 is 1.06 bits per heavy atom. The molecule has 0 amide bonds. The van der Waals surface area contributed by atoms with Crippen LogP contribution in [-0.4, -0.2) is 11.1 Å². The molecule has 2 aromatic carbocycles. The van der Waals surface area contributed by atoms with E-state index in [-0.39, 0.29) is 11.4 Å². The molecular formula is C14H11FO2S. The van der Waals surface area contributed by atoms with Crippen LogP contribution in [0.4, 0.5) is 4.39 Å². The highest BCUT2D eigenvalue weighted by molar-refractivity contribution is 7.98. The number of rotatable bonds is 4. The van der Waals surface area contributed by atoms with Gasteiger partial charge in [-0.2, -0.15) is 0 Å². The van der Waals surface area contributed by atoms with Gasteiger partial charge in [0.25, 0.3) is 0 Å². The van der Waals surface area contributed by atoms with Crippen LogP contribution in [0.1, 0.15) is 15.9 Å². The van der Waals surface area contributed by atoms with Crippen molar-refractivity contribution in [2.45, 2.75) is 10.6 Å². The molecule has 0 fully saturated rings. The molecule has 0 unspecified atom stereocenters. The second-order valence-electron chi connectivity index (χ2n) is 3.74. The summed E-state index contributed by atoms with van der Waals surface area (Å²) >= 11 is 1.58. The summed E-state index contributed by atoms with van der Waals surface area (Å²) in [6, 6.07) is 13.1. The summed E-state index contributed by atoms with van der Waals surface area (Å²) in [5.74, 6) is -0.438. The van der Waals surface area contributed by atoms with Gasteiger partial charge in [0.1, 0.15) is 5.82 Å². The van der Waals surface area contributed by atoms with E-state index >= 15 is 0 Å². The van der Waals surface area contributed by atoms with E-state index < -0.39 is 5.97 Å². The molecule has 2 rings (SSSR count). The zero-order chi connectivity index (χ0) is 13.0. The van der Waals surface area contributed by atoms with Gasteiger partial charge in [-0.1, -0.05) is 12.1 Å². The minimum atomic E-state index is -0.926. The van der Waals surface area contributed by atoms with Crippen molar-refractivity contribution in [2.75, 3.05) is 0 Å². The topological polar surface area (TPSA) is 37.3 Å². The van der Waals surface area contributed by atoms with Gasteiger partial charge in [0, 0.05) is 10.6 Å². The van der Waals surface area contributed by atoms with E-state index in [4.69, 9.17) is 5.11 Å². The predicted octanol–water partition coefficient (Wildman–Crippen LogP) is 3.82. The van der Waals surface area contributed by atoms with Crippen LogP contribution in [0.2, 0.25) is 0 Å². The summed E-state index contributed by atoms with van der Waals surface area (Å²) in [5.41, 5.74) is 1.31. The van der Waals surface area contributed by atoms with Gasteiger partial charge in [-0.15, -0.1) is 11.8 Å². The number of benzene rings is 2. The van der Waals surface area contributed by atoms with E-state index in [0.717, 1.165) is 16.2 Å². The fraction of sp³-hybridized carbons (Fsp3) is 0.0714. The third-order valence-corrected chi connectivity index (χ3v) is 3.50. The first kappa shape index (κ1) is 12.6. The highest BCUT2D eigenvalue weighted by Gasteiger charge is 2.02. The number of halogens is 1.